The highest BCUT2D eigenvalue weighted by atomic mass is 79.9. The van der Waals surface area contributed by atoms with Gasteiger partial charge in [-0.3, -0.25) is 4.79 Å². The van der Waals surface area contributed by atoms with Gasteiger partial charge in [0.05, 0.1) is 5.56 Å². The van der Waals surface area contributed by atoms with E-state index in [1.54, 1.807) is 6.07 Å². The van der Waals surface area contributed by atoms with E-state index in [1.165, 1.54) is 6.42 Å². The molecule has 5 heteroatoms. The van der Waals surface area contributed by atoms with Crippen LogP contribution in [0.2, 0.25) is 0 Å². The minimum absolute atomic E-state index is 0.114. The number of hydrogen-bond donors (Lipinski definition) is 2. The number of benzene rings is 2. The van der Waals surface area contributed by atoms with Crippen molar-refractivity contribution in [2.45, 2.75) is 34.1 Å². The Hall–Kier alpha value is -2.01. The van der Waals surface area contributed by atoms with Crippen molar-refractivity contribution in [3.05, 3.63) is 51.5 Å². The van der Waals surface area contributed by atoms with Crippen molar-refractivity contribution in [2.24, 2.45) is 11.8 Å². The molecule has 1 saturated heterocycles. The molecule has 0 saturated carbocycles. The Kier molecular flexibility index (Phi) is 5.80. The topological polar surface area (TPSA) is 58.4 Å². The number of carbonyl (C=O) groups excluding carboxylic acids is 1. The summed E-state index contributed by atoms with van der Waals surface area (Å²) in [5, 5.41) is 3.11. The summed E-state index contributed by atoms with van der Waals surface area (Å²) in [6.07, 6.45) is 1.23. The average Bonchev–Trinajstić information content (AvgIpc) is 2.56. The van der Waals surface area contributed by atoms with Crippen molar-refractivity contribution >= 4 is 38.9 Å². The van der Waals surface area contributed by atoms with E-state index < -0.39 is 0 Å². The van der Waals surface area contributed by atoms with Gasteiger partial charge in [-0.2, -0.15) is 0 Å². The Morgan fingerprint density at radius 1 is 1.11 bits per heavy atom. The largest absolute Gasteiger partial charge is 0.399 e. The van der Waals surface area contributed by atoms with Crippen molar-refractivity contribution in [1.82, 2.24) is 0 Å². The fraction of sp³-hybridized carbons (Fsp3) is 0.409. The fourth-order valence-electron chi connectivity index (χ4n) is 4.16. The second-order valence-corrected chi connectivity index (χ2v) is 8.91. The lowest BCUT2D eigenvalue weighted by Gasteiger charge is -2.37. The van der Waals surface area contributed by atoms with Gasteiger partial charge in [-0.1, -0.05) is 29.8 Å². The first-order valence-corrected chi connectivity index (χ1v) is 10.3. The van der Waals surface area contributed by atoms with Crippen molar-refractivity contribution in [1.29, 1.82) is 0 Å². The summed E-state index contributed by atoms with van der Waals surface area (Å²) < 4.78 is 1.01. The Morgan fingerprint density at radius 2 is 1.70 bits per heavy atom. The van der Waals surface area contributed by atoms with E-state index in [0.29, 0.717) is 23.1 Å². The minimum Gasteiger partial charge on any atom is -0.399 e. The molecule has 0 spiro atoms. The number of hydrogen-bond acceptors (Lipinski definition) is 3. The van der Waals surface area contributed by atoms with Gasteiger partial charge in [0, 0.05) is 34.6 Å². The van der Waals surface area contributed by atoms with Crippen LogP contribution in [0.15, 0.2) is 34.8 Å². The Morgan fingerprint density at radius 3 is 2.30 bits per heavy atom. The lowest BCUT2D eigenvalue weighted by molar-refractivity contribution is 0.102. The third-order valence-corrected chi connectivity index (χ3v) is 5.67. The molecule has 0 aliphatic carbocycles. The zero-order valence-electron chi connectivity index (χ0n) is 16.5. The highest BCUT2D eigenvalue weighted by Crippen LogP contribution is 2.32. The first kappa shape index (κ1) is 19.7. The van der Waals surface area contributed by atoms with Crippen LogP contribution in [0.3, 0.4) is 0 Å². The van der Waals surface area contributed by atoms with Gasteiger partial charge in [-0.15, -0.1) is 0 Å². The summed E-state index contributed by atoms with van der Waals surface area (Å²) in [7, 11) is 0. The van der Waals surface area contributed by atoms with Crippen LogP contribution < -0.4 is 16.0 Å². The van der Waals surface area contributed by atoms with E-state index in [0.717, 1.165) is 40.1 Å². The molecule has 2 atom stereocenters. The maximum Gasteiger partial charge on any atom is 0.257 e. The van der Waals surface area contributed by atoms with Crippen LogP contribution >= 0.6 is 15.9 Å². The molecular weight excluding hydrogens is 402 g/mol. The molecule has 2 aromatic rings. The summed E-state index contributed by atoms with van der Waals surface area (Å²) in [5.41, 5.74) is 11.1. The molecule has 0 bridgehead atoms. The number of rotatable bonds is 3. The van der Waals surface area contributed by atoms with E-state index in [2.05, 4.69) is 40.0 Å². The van der Waals surface area contributed by atoms with E-state index in [-0.39, 0.29) is 5.91 Å². The number of carbonyl (C=O) groups is 1. The molecule has 3 N–H and O–H groups in total. The highest BCUT2D eigenvalue weighted by molar-refractivity contribution is 9.10. The van der Waals surface area contributed by atoms with Crippen LogP contribution in [0.5, 0.6) is 0 Å². The normalized spacial score (nSPS) is 19.8. The fourth-order valence-corrected chi connectivity index (χ4v) is 4.85. The average molecular weight is 430 g/mol. The van der Waals surface area contributed by atoms with Gasteiger partial charge in [0.1, 0.15) is 0 Å². The molecule has 1 aliphatic rings. The number of anilines is 3. The van der Waals surface area contributed by atoms with Gasteiger partial charge < -0.3 is 16.0 Å². The smallest absolute Gasteiger partial charge is 0.257 e. The maximum absolute atomic E-state index is 13.2. The first-order chi connectivity index (χ1) is 12.7. The first-order valence-electron chi connectivity index (χ1n) is 9.47. The number of halogens is 1. The standard InChI is InChI=1S/C22H28BrN3O/c1-13-7-14(2)12-26(11-13)20-6-5-18(24)10-19(20)22(27)25-21-15(3)8-17(23)9-16(21)4/h5-6,8-10,13-14H,7,11-12,24H2,1-4H3,(H,25,27). The van der Waals surface area contributed by atoms with Crippen LogP contribution in [0.4, 0.5) is 17.1 Å². The highest BCUT2D eigenvalue weighted by Gasteiger charge is 2.25. The zero-order chi connectivity index (χ0) is 19.7. The Balaban J connectivity index is 1.94. The molecule has 3 rings (SSSR count). The lowest BCUT2D eigenvalue weighted by atomic mass is 9.91. The van der Waals surface area contributed by atoms with Crippen molar-refractivity contribution in [3.63, 3.8) is 0 Å². The molecule has 1 amide bonds. The molecule has 144 valence electrons. The van der Waals surface area contributed by atoms with Crippen LogP contribution in [0.1, 0.15) is 41.8 Å². The summed E-state index contributed by atoms with van der Waals surface area (Å²) in [6.45, 7) is 10.5. The van der Waals surface area contributed by atoms with Gasteiger partial charge in [-0.25, -0.2) is 0 Å². The number of nitrogen functional groups attached to an aromatic ring is 1. The molecule has 4 nitrogen and oxygen atoms in total. The van der Waals surface area contributed by atoms with Crippen molar-refractivity contribution in [3.8, 4) is 0 Å². The third-order valence-electron chi connectivity index (χ3n) is 5.21. The summed E-state index contributed by atoms with van der Waals surface area (Å²) in [5.74, 6) is 1.10. The predicted octanol–water partition coefficient (Wildman–Crippen LogP) is 5.38. The Bertz CT molecular complexity index is 832. The quantitative estimate of drug-likeness (QED) is 0.643. The SMILES string of the molecule is Cc1cc(Br)cc(C)c1NC(=O)c1cc(N)ccc1N1CC(C)CC(C)C1. The number of amides is 1. The summed E-state index contributed by atoms with van der Waals surface area (Å²) >= 11 is 3.51. The minimum atomic E-state index is -0.114. The Labute approximate surface area is 170 Å². The maximum atomic E-state index is 13.2. The molecule has 1 heterocycles. The molecule has 1 fully saturated rings. The van der Waals surface area contributed by atoms with Crippen molar-refractivity contribution < 1.29 is 4.79 Å². The van der Waals surface area contributed by atoms with Gasteiger partial charge in [0.15, 0.2) is 0 Å². The second kappa shape index (κ2) is 7.93. The number of aryl methyl sites for hydroxylation is 2. The van der Waals surface area contributed by atoms with Crippen LogP contribution in [-0.4, -0.2) is 19.0 Å². The number of nitrogens with one attached hydrogen (secondary N) is 1. The number of piperidine rings is 1. The zero-order valence-corrected chi connectivity index (χ0v) is 18.1. The van der Waals surface area contributed by atoms with Crippen molar-refractivity contribution in [2.75, 3.05) is 29.0 Å². The second-order valence-electron chi connectivity index (χ2n) is 8.00. The van der Waals surface area contributed by atoms with E-state index in [1.807, 2.05) is 38.1 Å². The van der Waals surface area contributed by atoms with Crippen LogP contribution in [0, 0.1) is 25.7 Å². The van der Waals surface area contributed by atoms with Gasteiger partial charge in [0.2, 0.25) is 0 Å². The molecule has 0 radical (unpaired) electrons. The summed E-state index contributed by atoms with van der Waals surface area (Å²) in [4.78, 5) is 15.5. The molecule has 27 heavy (non-hydrogen) atoms. The number of nitrogens with zero attached hydrogens (tertiary/aromatic N) is 1. The van der Waals surface area contributed by atoms with Crippen LogP contribution in [-0.2, 0) is 0 Å². The van der Waals surface area contributed by atoms with Crippen LogP contribution in [0.25, 0.3) is 0 Å². The molecule has 2 aromatic carbocycles. The summed E-state index contributed by atoms with van der Waals surface area (Å²) in [6, 6.07) is 9.67. The van der Waals surface area contributed by atoms with Gasteiger partial charge in [-0.05, 0) is 73.6 Å². The van der Waals surface area contributed by atoms with Gasteiger partial charge in [0.25, 0.3) is 5.91 Å². The monoisotopic (exact) mass is 429 g/mol. The lowest BCUT2D eigenvalue weighted by Crippen LogP contribution is -2.39. The molecule has 0 aromatic heterocycles. The van der Waals surface area contributed by atoms with E-state index in [9.17, 15) is 4.79 Å². The van der Waals surface area contributed by atoms with E-state index >= 15 is 0 Å². The third kappa shape index (κ3) is 4.46. The number of nitrogens with two attached hydrogens (primary N) is 1. The molecule has 1 aliphatic heterocycles. The molecule has 2 unspecified atom stereocenters. The molecular formula is C22H28BrN3O. The van der Waals surface area contributed by atoms with E-state index in [4.69, 9.17) is 5.73 Å². The van der Waals surface area contributed by atoms with Gasteiger partial charge >= 0.3 is 0 Å². The predicted molar refractivity (Wildman–Crippen MR) is 118 cm³/mol.